The molecule has 1 aromatic carbocycles. The molecule has 16 heavy (non-hydrogen) atoms. The average molecular weight is 242 g/mol. The Bertz CT molecular complexity index is 424. The molecule has 4 nitrogen and oxygen atoms in total. The zero-order chi connectivity index (χ0) is 12.2. The first-order valence-corrected chi connectivity index (χ1v) is 6.87. The Morgan fingerprint density at radius 2 is 1.75 bits per heavy atom. The normalized spacial score (nSPS) is 11.8. The first-order valence-electron chi connectivity index (χ1n) is 5.22. The van der Waals surface area contributed by atoms with Gasteiger partial charge in [0.25, 0.3) is 0 Å². The quantitative estimate of drug-likeness (QED) is 0.799. The van der Waals surface area contributed by atoms with E-state index in [-0.39, 0.29) is 5.75 Å². The summed E-state index contributed by atoms with van der Waals surface area (Å²) >= 11 is 0. The fraction of sp³-hybridized carbons (Fsp3) is 0.455. The lowest BCUT2D eigenvalue weighted by Gasteiger charge is -2.13. The summed E-state index contributed by atoms with van der Waals surface area (Å²) in [4.78, 5) is 0.388. The first-order chi connectivity index (χ1) is 7.45. The third kappa shape index (κ3) is 3.50. The van der Waals surface area contributed by atoms with Gasteiger partial charge in [0.05, 0.1) is 10.6 Å². The Labute approximate surface area is 97.2 Å². The number of hydrogen-bond donors (Lipinski definition) is 1. The Hall–Kier alpha value is -1.07. The molecule has 1 aromatic rings. The van der Waals surface area contributed by atoms with E-state index < -0.39 is 9.84 Å². The number of nitrogens with one attached hydrogen (secondary N) is 1. The number of nitrogens with zero attached hydrogens (tertiary/aromatic N) is 1. The van der Waals surface area contributed by atoms with Crippen molar-refractivity contribution in [2.24, 2.45) is 0 Å². The van der Waals surface area contributed by atoms with Crippen molar-refractivity contribution < 1.29 is 8.42 Å². The Kier molecular flexibility index (Phi) is 4.32. The second kappa shape index (κ2) is 5.32. The third-order valence-corrected chi connectivity index (χ3v) is 3.98. The maximum Gasteiger partial charge on any atom is 0.178 e. The van der Waals surface area contributed by atoms with Crippen LogP contribution in [-0.2, 0) is 9.84 Å². The maximum absolute atomic E-state index is 11.7. The average Bonchev–Trinajstić information content (AvgIpc) is 2.17. The Balaban J connectivity index is 2.87. The van der Waals surface area contributed by atoms with Crippen LogP contribution in [-0.4, -0.2) is 33.3 Å². The largest absolute Gasteiger partial charge is 0.319 e. The predicted molar refractivity (Wildman–Crippen MR) is 66.1 cm³/mol. The van der Waals surface area contributed by atoms with Gasteiger partial charge in [-0.15, -0.1) is 0 Å². The minimum Gasteiger partial charge on any atom is -0.319 e. The van der Waals surface area contributed by atoms with E-state index in [9.17, 15) is 8.42 Å². The minimum atomic E-state index is -3.10. The van der Waals surface area contributed by atoms with Gasteiger partial charge in [-0.1, -0.05) is 6.92 Å². The number of rotatable bonds is 5. The van der Waals surface area contributed by atoms with Gasteiger partial charge < -0.3 is 5.43 Å². The number of anilines is 1. The molecule has 0 amide bonds. The molecule has 0 radical (unpaired) electrons. The van der Waals surface area contributed by atoms with Crippen molar-refractivity contribution in [3.8, 4) is 0 Å². The third-order valence-electron chi connectivity index (χ3n) is 2.04. The second-order valence-electron chi connectivity index (χ2n) is 3.85. The maximum atomic E-state index is 11.7. The molecule has 0 bridgehead atoms. The molecule has 1 rings (SSSR count). The van der Waals surface area contributed by atoms with Crippen LogP contribution in [0.15, 0.2) is 29.2 Å². The van der Waals surface area contributed by atoms with E-state index in [0.29, 0.717) is 11.3 Å². The van der Waals surface area contributed by atoms with E-state index in [0.717, 1.165) is 5.69 Å². The lowest BCUT2D eigenvalue weighted by molar-refractivity contribution is 0.495. The lowest BCUT2D eigenvalue weighted by atomic mass is 10.3. The molecule has 5 heteroatoms. The van der Waals surface area contributed by atoms with E-state index in [2.05, 4.69) is 5.43 Å². The topological polar surface area (TPSA) is 49.4 Å². The van der Waals surface area contributed by atoms with E-state index in [4.69, 9.17) is 0 Å². The lowest BCUT2D eigenvalue weighted by Crippen LogP contribution is -2.19. The van der Waals surface area contributed by atoms with E-state index in [1.54, 1.807) is 29.3 Å². The van der Waals surface area contributed by atoms with Crippen LogP contribution in [0.2, 0.25) is 0 Å². The Morgan fingerprint density at radius 3 is 2.19 bits per heavy atom. The summed E-state index contributed by atoms with van der Waals surface area (Å²) in [5, 5.41) is 1.80. The standard InChI is InChI=1S/C11H18N2O2S/c1-4-9-16(14,15)11-7-5-10(6-8-11)12-13(2)3/h5-8,12H,4,9H2,1-3H3. The van der Waals surface area contributed by atoms with Gasteiger partial charge in [0.15, 0.2) is 9.84 Å². The van der Waals surface area contributed by atoms with E-state index in [1.165, 1.54) is 0 Å². The van der Waals surface area contributed by atoms with Crippen molar-refractivity contribution in [3.05, 3.63) is 24.3 Å². The molecular weight excluding hydrogens is 224 g/mol. The van der Waals surface area contributed by atoms with Gasteiger partial charge in [-0.05, 0) is 30.7 Å². The van der Waals surface area contributed by atoms with Crippen LogP contribution < -0.4 is 5.43 Å². The van der Waals surface area contributed by atoms with E-state index >= 15 is 0 Å². The van der Waals surface area contributed by atoms with Crippen molar-refractivity contribution in [3.63, 3.8) is 0 Å². The van der Waals surface area contributed by atoms with Crippen molar-refractivity contribution >= 4 is 15.5 Å². The van der Waals surface area contributed by atoms with Crippen molar-refractivity contribution in [1.29, 1.82) is 0 Å². The van der Waals surface area contributed by atoms with Gasteiger partial charge in [-0.3, -0.25) is 0 Å². The predicted octanol–water partition coefficient (Wildman–Crippen LogP) is 1.76. The summed E-state index contributed by atoms with van der Waals surface area (Å²) < 4.78 is 23.5. The summed E-state index contributed by atoms with van der Waals surface area (Å²) in [6, 6.07) is 6.80. The molecule has 0 aliphatic carbocycles. The molecular formula is C11H18N2O2S. The van der Waals surface area contributed by atoms with Crippen LogP contribution in [0.25, 0.3) is 0 Å². The zero-order valence-electron chi connectivity index (χ0n) is 9.90. The van der Waals surface area contributed by atoms with E-state index in [1.807, 2.05) is 21.0 Å². The van der Waals surface area contributed by atoms with Gasteiger partial charge >= 0.3 is 0 Å². The monoisotopic (exact) mass is 242 g/mol. The van der Waals surface area contributed by atoms with Crippen LogP contribution in [0, 0.1) is 0 Å². The smallest absolute Gasteiger partial charge is 0.178 e. The van der Waals surface area contributed by atoms with Crippen LogP contribution >= 0.6 is 0 Å². The molecule has 0 aromatic heterocycles. The summed E-state index contributed by atoms with van der Waals surface area (Å²) in [5.41, 5.74) is 3.93. The van der Waals surface area contributed by atoms with Crippen LogP contribution in [0.4, 0.5) is 5.69 Å². The van der Waals surface area contributed by atoms with Crippen molar-refractivity contribution in [1.82, 2.24) is 5.01 Å². The fourth-order valence-corrected chi connectivity index (χ4v) is 2.71. The highest BCUT2D eigenvalue weighted by Gasteiger charge is 2.12. The molecule has 0 heterocycles. The van der Waals surface area contributed by atoms with Gasteiger partial charge in [0.2, 0.25) is 0 Å². The molecule has 90 valence electrons. The number of benzene rings is 1. The molecule has 0 unspecified atom stereocenters. The Morgan fingerprint density at radius 1 is 1.19 bits per heavy atom. The van der Waals surface area contributed by atoms with Crippen LogP contribution in [0.5, 0.6) is 0 Å². The highest BCUT2D eigenvalue weighted by atomic mass is 32.2. The molecule has 0 aliphatic heterocycles. The van der Waals surface area contributed by atoms with Gasteiger partial charge in [-0.25, -0.2) is 13.4 Å². The van der Waals surface area contributed by atoms with Crippen molar-refractivity contribution in [2.75, 3.05) is 25.3 Å². The summed E-state index contributed by atoms with van der Waals surface area (Å²) in [7, 11) is 0.656. The zero-order valence-corrected chi connectivity index (χ0v) is 10.7. The van der Waals surface area contributed by atoms with Gasteiger partial charge in [0, 0.05) is 19.8 Å². The highest BCUT2D eigenvalue weighted by molar-refractivity contribution is 7.91. The summed E-state index contributed by atoms with van der Waals surface area (Å²) in [5.74, 6) is 0.202. The molecule has 1 N–H and O–H groups in total. The molecule has 0 aliphatic rings. The second-order valence-corrected chi connectivity index (χ2v) is 5.96. The fourth-order valence-electron chi connectivity index (χ4n) is 1.38. The minimum absolute atomic E-state index is 0.202. The molecule has 0 saturated heterocycles. The SMILES string of the molecule is CCCS(=O)(=O)c1ccc(NN(C)C)cc1. The molecule has 0 fully saturated rings. The molecule has 0 spiro atoms. The van der Waals surface area contributed by atoms with Gasteiger partial charge in [0.1, 0.15) is 0 Å². The number of hydrazine groups is 1. The molecule has 0 atom stereocenters. The van der Waals surface area contributed by atoms with Crippen LogP contribution in [0.1, 0.15) is 13.3 Å². The summed E-state index contributed by atoms with van der Waals surface area (Å²) in [6.07, 6.45) is 0.639. The molecule has 0 saturated carbocycles. The highest BCUT2D eigenvalue weighted by Crippen LogP contribution is 2.16. The first kappa shape index (κ1) is 13.0. The number of sulfone groups is 1. The van der Waals surface area contributed by atoms with Gasteiger partial charge in [-0.2, -0.15) is 0 Å². The van der Waals surface area contributed by atoms with Crippen molar-refractivity contribution in [2.45, 2.75) is 18.2 Å². The summed E-state index contributed by atoms with van der Waals surface area (Å²) in [6.45, 7) is 1.86. The van der Waals surface area contributed by atoms with Crippen LogP contribution in [0.3, 0.4) is 0 Å². The number of hydrogen-bond acceptors (Lipinski definition) is 4.